The molecule has 0 unspecified atom stereocenters. The van der Waals surface area contributed by atoms with E-state index in [1.54, 1.807) is 6.07 Å². The molecule has 0 spiro atoms. The SMILES string of the molecule is Fc1cccc([C@@H]2Nc3ccc(C(F)(F)F)cc3[C@@H]3C=CC[C@H]32)c1. The van der Waals surface area contributed by atoms with E-state index in [1.165, 1.54) is 24.3 Å². The second kappa shape index (κ2) is 5.36. The van der Waals surface area contributed by atoms with Gasteiger partial charge in [0.05, 0.1) is 11.6 Å². The van der Waals surface area contributed by atoms with Gasteiger partial charge >= 0.3 is 6.18 Å². The molecule has 1 heterocycles. The van der Waals surface area contributed by atoms with E-state index in [9.17, 15) is 17.6 Å². The molecule has 5 heteroatoms. The first kappa shape index (κ1) is 15.2. The monoisotopic (exact) mass is 333 g/mol. The van der Waals surface area contributed by atoms with Crippen LogP contribution in [0.5, 0.6) is 0 Å². The van der Waals surface area contributed by atoms with Gasteiger partial charge in [0, 0.05) is 11.6 Å². The van der Waals surface area contributed by atoms with Crippen LogP contribution >= 0.6 is 0 Å². The van der Waals surface area contributed by atoms with Crippen LogP contribution in [0.3, 0.4) is 0 Å². The maximum Gasteiger partial charge on any atom is 0.416 e. The van der Waals surface area contributed by atoms with Gasteiger partial charge in [-0.25, -0.2) is 4.39 Å². The van der Waals surface area contributed by atoms with Gasteiger partial charge in [-0.3, -0.25) is 0 Å². The minimum atomic E-state index is -4.35. The quantitative estimate of drug-likeness (QED) is 0.524. The van der Waals surface area contributed by atoms with Crippen molar-refractivity contribution >= 4 is 5.69 Å². The highest BCUT2D eigenvalue weighted by Crippen LogP contribution is 2.50. The maximum absolute atomic E-state index is 13.6. The van der Waals surface area contributed by atoms with Crippen molar-refractivity contribution in [3.05, 3.63) is 77.1 Å². The molecule has 1 nitrogen and oxygen atoms in total. The fourth-order valence-corrected chi connectivity index (χ4v) is 3.80. The molecule has 0 bridgehead atoms. The van der Waals surface area contributed by atoms with E-state index in [4.69, 9.17) is 0 Å². The van der Waals surface area contributed by atoms with Crippen molar-refractivity contribution < 1.29 is 17.6 Å². The van der Waals surface area contributed by atoms with Gasteiger partial charge in [0.1, 0.15) is 5.82 Å². The van der Waals surface area contributed by atoms with E-state index in [2.05, 4.69) is 5.32 Å². The van der Waals surface area contributed by atoms with E-state index in [1.807, 2.05) is 18.2 Å². The Hall–Kier alpha value is -2.30. The number of rotatable bonds is 1. The highest BCUT2D eigenvalue weighted by atomic mass is 19.4. The van der Waals surface area contributed by atoms with Gasteiger partial charge in [-0.2, -0.15) is 13.2 Å². The average Bonchev–Trinajstić information content (AvgIpc) is 3.02. The molecule has 2 aromatic rings. The van der Waals surface area contributed by atoms with Crippen molar-refractivity contribution in [3.8, 4) is 0 Å². The lowest BCUT2D eigenvalue weighted by molar-refractivity contribution is -0.137. The summed E-state index contributed by atoms with van der Waals surface area (Å²) in [6.45, 7) is 0. The van der Waals surface area contributed by atoms with E-state index in [-0.39, 0.29) is 23.7 Å². The Morgan fingerprint density at radius 1 is 1.04 bits per heavy atom. The summed E-state index contributed by atoms with van der Waals surface area (Å²) in [5.41, 5.74) is 1.53. The highest BCUT2D eigenvalue weighted by Gasteiger charge is 2.40. The summed E-state index contributed by atoms with van der Waals surface area (Å²) < 4.78 is 52.6. The van der Waals surface area contributed by atoms with Gasteiger partial charge in [-0.05, 0) is 53.8 Å². The van der Waals surface area contributed by atoms with Crippen LogP contribution in [0.25, 0.3) is 0 Å². The lowest BCUT2D eigenvalue weighted by Crippen LogP contribution is -2.29. The Balaban J connectivity index is 1.78. The smallest absolute Gasteiger partial charge is 0.378 e. The number of hydrogen-bond acceptors (Lipinski definition) is 1. The predicted molar refractivity (Wildman–Crippen MR) is 84.2 cm³/mol. The minimum absolute atomic E-state index is 0.0859. The van der Waals surface area contributed by atoms with Crippen molar-refractivity contribution in [1.82, 2.24) is 0 Å². The van der Waals surface area contributed by atoms with Gasteiger partial charge in [0.2, 0.25) is 0 Å². The van der Waals surface area contributed by atoms with E-state index >= 15 is 0 Å². The molecule has 0 saturated heterocycles. The number of allylic oxidation sites excluding steroid dienone is 2. The largest absolute Gasteiger partial charge is 0.416 e. The first-order valence-electron chi connectivity index (χ1n) is 7.83. The summed E-state index contributed by atoms with van der Waals surface area (Å²) in [7, 11) is 0. The van der Waals surface area contributed by atoms with Crippen LogP contribution in [0.2, 0.25) is 0 Å². The topological polar surface area (TPSA) is 12.0 Å². The Kier molecular flexibility index (Phi) is 3.41. The molecule has 24 heavy (non-hydrogen) atoms. The Morgan fingerprint density at radius 3 is 2.62 bits per heavy atom. The predicted octanol–water partition coefficient (Wildman–Crippen LogP) is 5.67. The zero-order chi connectivity index (χ0) is 16.9. The maximum atomic E-state index is 13.6. The molecule has 4 rings (SSSR count). The first-order chi connectivity index (χ1) is 11.4. The summed E-state index contributed by atoms with van der Waals surface area (Å²) in [4.78, 5) is 0. The number of anilines is 1. The molecule has 1 aliphatic heterocycles. The highest BCUT2D eigenvalue weighted by molar-refractivity contribution is 5.61. The van der Waals surface area contributed by atoms with Crippen LogP contribution in [0.4, 0.5) is 23.2 Å². The molecular weight excluding hydrogens is 318 g/mol. The minimum Gasteiger partial charge on any atom is -0.378 e. The molecule has 0 fully saturated rings. The molecule has 0 aromatic heterocycles. The summed E-state index contributed by atoms with van der Waals surface area (Å²) in [5.74, 6) is -0.311. The third-order valence-corrected chi connectivity index (χ3v) is 4.90. The summed E-state index contributed by atoms with van der Waals surface area (Å²) in [5, 5.41) is 3.32. The van der Waals surface area contributed by atoms with Crippen molar-refractivity contribution in [1.29, 1.82) is 0 Å². The third kappa shape index (κ3) is 2.48. The number of halogens is 4. The van der Waals surface area contributed by atoms with E-state index < -0.39 is 11.7 Å². The number of alkyl halides is 3. The molecular formula is C19H15F4N. The van der Waals surface area contributed by atoms with Gasteiger partial charge in [-0.15, -0.1) is 0 Å². The summed E-state index contributed by atoms with van der Waals surface area (Å²) in [6.07, 6.45) is 0.371. The van der Waals surface area contributed by atoms with Gasteiger partial charge in [0.15, 0.2) is 0 Å². The second-order valence-electron chi connectivity index (χ2n) is 6.33. The number of fused-ring (bicyclic) bond motifs is 3. The fourth-order valence-electron chi connectivity index (χ4n) is 3.80. The fraction of sp³-hybridized carbons (Fsp3) is 0.263. The molecule has 2 aliphatic rings. The standard InChI is InChI=1S/C19H15F4N/c20-13-4-1-3-11(9-13)18-15-6-2-5-14(15)16-10-12(19(21,22)23)7-8-17(16)24-18/h1-5,7-10,14-15,18,24H,6H2/t14-,15-,18+/m1/s1. The molecule has 2 aromatic carbocycles. The van der Waals surface area contributed by atoms with Crippen LogP contribution < -0.4 is 5.32 Å². The zero-order valence-electron chi connectivity index (χ0n) is 12.6. The zero-order valence-corrected chi connectivity index (χ0v) is 12.6. The van der Waals surface area contributed by atoms with Gasteiger partial charge in [0.25, 0.3) is 0 Å². The van der Waals surface area contributed by atoms with E-state index in [0.29, 0.717) is 11.3 Å². The van der Waals surface area contributed by atoms with E-state index in [0.717, 1.165) is 18.1 Å². The molecule has 3 atom stereocenters. The van der Waals surface area contributed by atoms with Crippen molar-refractivity contribution in [3.63, 3.8) is 0 Å². The average molecular weight is 333 g/mol. The van der Waals surface area contributed by atoms with Gasteiger partial charge < -0.3 is 5.32 Å². The number of benzene rings is 2. The summed E-state index contributed by atoms with van der Waals surface area (Å²) >= 11 is 0. The number of nitrogens with one attached hydrogen (secondary N) is 1. The van der Waals surface area contributed by atoms with Crippen LogP contribution in [0.15, 0.2) is 54.6 Å². The van der Waals surface area contributed by atoms with Crippen LogP contribution in [0.1, 0.15) is 35.1 Å². The normalized spacial score (nSPS) is 25.1. The summed E-state index contributed by atoms with van der Waals surface area (Å²) in [6, 6.07) is 10.1. The molecule has 0 radical (unpaired) electrons. The lowest BCUT2D eigenvalue weighted by Gasteiger charge is -2.37. The second-order valence-corrected chi connectivity index (χ2v) is 6.33. The molecule has 124 valence electrons. The molecule has 0 saturated carbocycles. The first-order valence-corrected chi connectivity index (χ1v) is 7.83. The van der Waals surface area contributed by atoms with Gasteiger partial charge in [-0.1, -0.05) is 24.3 Å². The Bertz CT molecular complexity index is 809. The third-order valence-electron chi connectivity index (χ3n) is 4.90. The molecule has 1 N–H and O–H groups in total. The van der Waals surface area contributed by atoms with Crippen LogP contribution in [-0.2, 0) is 6.18 Å². The Morgan fingerprint density at radius 2 is 1.88 bits per heavy atom. The van der Waals surface area contributed by atoms with Crippen LogP contribution in [0, 0.1) is 11.7 Å². The van der Waals surface area contributed by atoms with Crippen molar-refractivity contribution in [2.75, 3.05) is 5.32 Å². The number of hydrogen-bond donors (Lipinski definition) is 1. The van der Waals surface area contributed by atoms with Crippen molar-refractivity contribution in [2.45, 2.75) is 24.6 Å². The Labute approximate surface area is 137 Å². The molecule has 0 amide bonds. The van der Waals surface area contributed by atoms with Crippen LogP contribution in [-0.4, -0.2) is 0 Å². The van der Waals surface area contributed by atoms with Crippen molar-refractivity contribution in [2.24, 2.45) is 5.92 Å². The lowest BCUT2D eigenvalue weighted by atomic mass is 9.76. The molecule has 1 aliphatic carbocycles.